The molecule has 1 amide bonds. The van der Waals surface area contributed by atoms with Crippen molar-refractivity contribution in [2.45, 2.75) is 25.9 Å². The molecule has 0 radical (unpaired) electrons. The van der Waals surface area contributed by atoms with Crippen molar-refractivity contribution >= 4 is 6.09 Å². The molecule has 0 bridgehead atoms. The fourth-order valence-corrected chi connectivity index (χ4v) is 1.45. The van der Waals surface area contributed by atoms with E-state index in [4.69, 9.17) is 4.74 Å². The molecule has 1 heterocycles. The van der Waals surface area contributed by atoms with Gasteiger partial charge < -0.3 is 10.1 Å². The summed E-state index contributed by atoms with van der Waals surface area (Å²) in [4.78, 5) is 11.4. The third-order valence-corrected chi connectivity index (χ3v) is 2.34. The monoisotopic (exact) mass is 210 g/mol. The van der Waals surface area contributed by atoms with E-state index in [1.165, 1.54) is 0 Å². The third-order valence-electron chi connectivity index (χ3n) is 2.34. The maximum absolute atomic E-state index is 11.4. The van der Waals surface area contributed by atoms with Crippen LogP contribution in [0.2, 0.25) is 0 Å². The van der Waals surface area contributed by atoms with Crippen LogP contribution in [0.15, 0.2) is 24.4 Å². The number of alkyl carbamates (subject to hydrolysis) is 1. The van der Waals surface area contributed by atoms with Crippen molar-refractivity contribution in [1.82, 2.24) is 10.6 Å². The van der Waals surface area contributed by atoms with Gasteiger partial charge in [0.05, 0.1) is 0 Å². The molecule has 1 rings (SSSR count). The molecule has 0 aromatic carbocycles. The van der Waals surface area contributed by atoms with Gasteiger partial charge in [0.15, 0.2) is 0 Å². The Hall–Kier alpha value is -1.29. The van der Waals surface area contributed by atoms with Gasteiger partial charge in [0.25, 0.3) is 0 Å². The Morgan fingerprint density at radius 2 is 2.20 bits per heavy atom. The summed E-state index contributed by atoms with van der Waals surface area (Å²) in [6.07, 6.45) is 4.77. The van der Waals surface area contributed by atoms with Crippen LogP contribution >= 0.6 is 0 Å². The molecule has 1 fully saturated rings. The summed E-state index contributed by atoms with van der Waals surface area (Å²) in [6.45, 7) is 7.24. The number of rotatable bonds is 3. The Kier molecular flexibility index (Phi) is 4.90. The normalized spacial score (nSPS) is 18.3. The van der Waals surface area contributed by atoms with Gasteiger partial charge in [-0.05, 0) is 38.9 Å². The average Bonchev–Trinajstić information content (AvgIpc) is 2.27. The average molecular weight is 210 g/mol. The van der Waals surface area contributed by atoms with Crippen LogP contribution in [0.3, 0.4) is 0 Å². The molecule has 1 saturated heterocycles. The van der Waals surface area contributed by atoms with Crippen molar-refractivity contribution in [3.05, 3.63) is 24.4 Å². The third kappa shape index (κ3) is 4.16. The van der Waals surface area contributed by atoms with Gasteiger partial charge in [-0.1, -0.05) is 12.7 Å². The predicted molar refractivity (Wildman–Crippen MR) is 59.5 cm³/mol. The van der Waals surface area contributed by atoms with E-state index >= 15 is 0 Å². The molecule has 0 atom stereocenters. The lowest BCUT2D eigenvalue weighted by molar-refractivity contribution is 0.0817. The molecule has 84 valence electrons. The molecule has 0 spiro atoms. The first-order chi connectivity index (χ1) is 7.26. The van der Waals surface area contributed by atoms with Crippen molar-refractivity contribution in [1.29, 1.82) is 0 Å². The summed E-state index contributed by atoms with van der Waals surface area (Å²) in [5, 5.41) is 5.84. The number of carbonyl (C=O) groups is 1. The second kappa shape index (κ2) is 6.24. The summed E-state index contributed by atoms with van der Waals surface area (Å²) in [5.74, 6) is 0. The van der Waals surface area contributed by atoms with Gasteiger partial charge in [-0.3, -0.25) is 5.32 Å². The molecule has 1 aliphatic heterocycles. The number of hydrogen-bond acceptors (Lipinski definition) is 3. The van der Waals surface area contributed by atoms with E-state index in [-0.39, 0.29) is 6.10 Å². The number of piperidine rings is 1. The Morgan fingerprint density at radius 1 is 1.53 bits per heavy atom. The zero-order valence-corrected chi connectivity index (χ0v) is 9.08. The number of ether oxygens (including phenoxy) is 1. The van der Waals surface area contributed by atoms with E-state index in [2.05, 4.69) is 17.2 Å². The van der Waals surface area contributed by atoms with Crippen LogP contribution in [0.5, 0.6) is 0 Å². The highest BCUT2D eigenvalue weighted by Crippen LogP contribution is 2.07. The molecule has 15 heavy (non-hydrogen) atoms. The van der Waals surface area contributed by atoms with Gasteiger partial charge >= 0.3 is 6.09 Å². The van der Waals surface area contributed by atoms with Gasteiger partial charge in [-0.25, -0.2) is 4.79 Å². The van der Waals surface area contributed by atoms with E-state index in [1.54, 1.807) is 12.2 Å². The molecule has 0 aromatic rings. The maximum atomic E-state index is 11.4. The SMILES string of the molecule is C=C/C(=C/C)NC(=O)OC1CCNCC1. The minimum Gasteiger partial charge on any atom is -0.446 e. The van der Waals surface area contributed by atoms with Crippen molar-refractivity contribution in [3.8, 4) is 0 Å². The van der Waals surface area contributed by atoms with E-state index in [1.807, 2.05) is 6.92 Å². The zero-order valence-electron chi connectivity index (χ0n) is 9.08. The van der Waals surface area contributed by atoms with Crippen molar-refractivity contribution in [2.75, 3.05) is 13.1 Å². The molecule has 4 nitrogen and oxygen atoms in total. The van der Waals surface area contributed by atoms with Crippen LogP contribution in [0.4, 0.5) is 4.79 Å². The van der Waals surface area contributed by atoms with Crippen molar-refractivity contribution in [3.63, 3.8) is 0 Å². The summed E-state index contributed by atoms with van der Waals surface area (Å²) in [5.41, 5.74) is 0.675. The topological polar surface area (TPSA) is 50.4 Å². The van der Waals surface area contributed by atoms with E-state index in [0.717, 1.165) is 25.9 Å². The Morgan fingerprint density at radius 3 is 2.73 bits per heavy atom. The Bertz CT molecular complexity index is 255. The number of carbonyl (C=O) groups excluding carboxylic acids is 1. The molecular formula is C11H18N2O2. The largest absolute Gasteiger partial charge is 0.446 e. The van der Waals surface area contributed by atoms with Crippen LogP contribution in [0.25, 0.3) is 0 Å². The van der Waals surface area contributed by atoms with Crippen LogP contribution < -0.4 is 10.6 Å². The molecule has 1 aliphatic rings. The predicted octanol–water partition coefficient (Wildman–Crippen LogP) is 1.55. The lowest BCUT2D eigenvalue weighted by Crippen LogP contribution is -2.36. The lowest BCUT2D eigenvalue weighted by atomic mass is 10.1. The first-order valence-electron chi connectivity index (χ1n) is 5.23. The van der Waals surface area contributed by atoms with E-state index in [0.29, 0.717) is 5.70 Å². The Labute approximate surface area is 90.4 Å². The van der Waals surface area contributed by atoms with Gasteiger partial charge in [0.2, 0.25) is 0 Å². The highest BCUT2D eigenvalue weighted by atomic mass is 16.6. The molecule has 0 saturated carbocycles. The minimum atomic E-state index is -0.394. The lowest BCUT2D eigenvalue weighted by Gasteiger charge is -2.22. The second-order valence-electron chi connectivity index (χ2n) is 3.43. The standard InChI is InChI=1S/C11H18N2O2/c1-3-9(4-2)13-11(14)15-10-5-7-12-8-6-10/h3-4,10,12H,1,5-8H2,2H3,(H,13,14)/b9-4-. The molecule has 2 N–H and O–H groups in total. The first kappa shape index (κ1) is 11.8. The van der Waals surface area contributed by atoms with Crippen LogP contribution in [0.1, 0.15) is 19.8 Å². The van der Waals surface area contributed by atoms with Gasteiger partial charge in [0, 0.05) is 5.70 Å². The van der Waals surface area contributed by atoms with Gasteiger partial charge in [0.1, 0.15) is 6.10 Å². The minimum absolute atomic E-state index is 0.0363. The highest BCUT2D eigenvalue weighted by molar-refractivity contribution is 5.70. The summed E-state index contributed by atoms with van der Waals surface area (Å²) < 4.78 is 5.25. The number of allylic oxidation sites excluding steroid dienone is 2. The van der Waals surface area contributed by atoms with Gasteiger partial charge in [-0.15, -0.1) is 0 Å². The molecule has 0 aliphatic carbocycles. The van der Waals surface area contributed by atoms with Crippen LogP contribution in [0, 0.1) is 0 Å². The summed E-state index contributed by atoms with van der Waals surface area (Å²) >= 11 is 0. The fraction of sp³-hybridized carbons (Fsp3) is 0.545. The smallest absolute Gasteiger partial charge is 0.411 e. The van der Waals surface area contributed by atoms with Crippen LogP contribution in [-0.4, -0.2) is 25.3 Å². The summed E-state index contributed by atoms with van der Waals surface area (Å²) in [6, 6.07) is 0. The Balaban J connectivity index is 2.31. The molecule has 0 aromatic heterocycles. The number of nitrogens with one attached hydrogen (secondary N) is 2. The van der Waals surface area contributed by atoms with E-state index in [9.17, 15) is 4.79 Å². The number of hydrogen-bond donors (Lipinski definition) is 2. The zero-order chi connectivity index (χ0) is 11.1. The molecule has 4 heteroatoms. The van der Waals surface area contributed by atoms with Gasteiger partial charge in [-0.2, -0.15) is 0 Å². The van der Waals surface area contributed by atoms with Crippen molar-refractivity contribution < 1.29 is 9.53 Å². The fourth-order valence-electron chi connectivity index (χ4n) is 1.45. The van der Waals surface area contributed by atoms with Crippen LogP contribution in [-0.2, 0) is 4.74 Å². The quantitative estimate of drug-likeness (QED) is 0.695. The molecular weight excluding hydrogens is 192 g/mol. The maximum Gasteiger partial charge on any atom is 0.411 e. The second-order valence-corrected chi connectivity index (χ2v) is 3.43. The van der Waals surface area contributed by atoms with E-state index < -0.39 is 6.09 Å². The highest BCUT2D eigenvalue weighted by Gasteiger charge is 2.17. The van der Waals surface area contributed by atoms with Crippen molar-refractivity contribution in [2.24, 2.45) is 0 Å². The number of amides is 1. The first-order valence-corrected chi connectivity index (χ1v) is 5.23. The summed E-state index contributed by atoms with van der Waals surface area (Å²) in [7, 11) is 0. The molecule has 0 unspecified atom stereocenters.